The smallest absolute Gasteiger partial charge is 0.331 e. The molecule has 1 fully saturated rings. The molecule has 0 unspecified atom stereocenters. The number of aromatic nitrogens is 3. The number of methoxy groups -OCH3 is 2. The van der Waals surface area contributed by atoms with Gasteiger partial charge in [0.25, 0.3) is 5.91 Å². The Morgan fingerprint density at radius 3 is 2.57 bits per heavy atom. The van der Waals surface area contributed by atoms with E-state index < -0.39 is 23.5 Å². The Morgan fingerprint density at radius 2 is 2.03 bits per heavy atom. The summed E-state index contributed by atoms with van der Waals surface area (Å²) in [4.78, 5) is 34.6. The summed E-state index contributed by atoms with van der Waals surface area (Å²) in [6, 6.07) is 6.50. The minimum Gasteiger partial charge on any atom is -0.496 e. The van der Waals surface area contributed by atoms with Gasteiger partial charge in [-0.2, -0.15) is 5.10 Å². The van der Waals surface area contributed by atoms with Crippen LogP contribution in [0.1, 0.15) is 59.0 Å². The molecule has 198 valence electrons. The number of ether oxygens (including phenoxy) is 2. The van der Waals surface area contributed by atoms with E-state index in [0.29, 0.717) is 16.3 Å². The number of nitrogens with zero attached hydrogens (tertiary/aromatic N) is 4. The number of carboxylic acid groups (broad SMARTS) is 1. The van der Waals surface area contributed by atoms with E-state index >= 15 is 0 Å². The van der Waals surface area contributed by atoms with E-state index in [2.05, 4.69) is 30.9 Å². The SMILES string of the molecule is COC[C@H]1C[C@@](Cn2cccn2)(C(=O)O)N(C(=O)c2ccc(C(C)(C)C)c(OC)c2)[C@H]1c1ncc(C)s1. The first-order valence-electron chi connectivity index (χ1n) is 12.2. The zero-order valence-electron chi connectivity index (χ0n) is 22.1. The molecule has 0 spiro atoms. The normalized spacial score (nSPS) is 21.8. The summed E-state index contributed by atoms with van der Waals surface area (Å²) in [5.41, 5.74) is -0.451. The van der Waals surface area contributed by atoms with Crippen LogP contribution < -0.4 is 4.74 Å². The van der Waals surface area contributed by atoms with Crippen LogP contribution in [0.15, 0.2) is 42.9 Å². The first kappa shape index (κ1) is 26.8. The lowest BCUT2D eigenvalue weighted by atomic mass is 9.85. The second kappa shape index (κ2) is 10.3. The summed E-state index contributed by atoms with van der Waals surface area (Å²) in [6.07, 6.45) is 5.26. The van der Waals surface area contributed by atoms with Crippen molar-refractivity contribution in [2.75, 3.05) is 20.8 Å². The van der Waals surface area contributed by atoms with Gasteiger partial charge in [0.15, 0.2) is 5.54 Å². The minimum absolute atomic E-state index is 0.000640. The van der Waals surface area contributed by atoms with Crippen molar-refractivity contribution in [3.8, 4) is 5.75 Å². The van der Waals surface area contributed by atoms with E-state index in [0.717, 1.165) is 10.4 Å². The minimum atomic E-state index is -1.56. The molecule has 1 aliphatic rings. The highest BCUT2D eigenvalue weighted by Crippen LogP contribution is 2.50. The summed E-state index contributed by atoms with van der Waals surface area (Å²) in [5, 5.41) is 15.7. The number of aliphatic carboxylic acids is 1. The standard InChI is InChI=1S/C27H34N4O5S/c1-17-14-28-23(37-17)22-19(15-35-5)13-27(25(33)34,16-30-11-7-10-29-30)31(22)24(32)18-8-9-20(26(2,3)4)21(12-18)36-6/h7-12,14,19,22H,13,15-16H2,1-6H3,(H,33,34)/t19-,22-,27-/m1/s1. The van der Waals surface area contributed by atoms with Crippen LogP contribution >= 0.6 is 11.3 Å². The third-order valence-corrected chi connectivity index (χ3v) is 7.90. The number of rotatable bonds is 8. The number of carbonyl (C=O) groups is 2. The second-order valence-corrected chi connectivity index (χ2v) is 11.8. The fourth-order valence-corrected chi connectivity index (χ4v) is 6.23. The number of carbonyl (C=O) groups excluding carboxylic acids is 1. The molecular formula is C27H34N4O5S. The van der Waals surface area contributed by atoms with Crippen LogP contribution in [-0.4, -0.2) is 63.0 Å². The van der Waals surface area contributed by atoms with Gasteiger partial charge in [-0.3, -0.25) is 9.48 Å². The zero-order valence-corrected chi connectivity index (χ0v) is 22.9. The van der Waals surface area contributed by atoms with E-state index in [1.165, 1.54) is 16.2 Å². The lowest BCUT2D eigenvalue weighted by molar-refractivity contribution is -0.150. The summed E-state index contributed by atoms with van der Waals surface area (Å²) in [5.74, 6) is -1.18. The largest absolute Gasteiger partial charge is 0.496 e. The van der Waals surface area contributed by atoms with Gasteiger partial charge in [-0.15, -0.1) is 11.3 Å². The Hall–Kier alpha value is -3.24. The molecule has 0 saturated carbocycles. The molecule has 1 aromatic carbocycles. The highest BCUT2D eigenvalue weighted by atomic mass is 32.1. The first-order valence-corrected chi connectivity index (χ1v) is 13.0. The van der Waals surface area contributed by atoms with Gasteiger partial charge in [-0.25, -0.2) is 9.78 Å². The quantitative estimate of drug-likeness (QED) is 0.466. The van der Waals surface area contributed by atoms with Crippen molar-refractivity contribution >= 4 is 23.2 Å². The fraction of sp³-hybridized carbons (Fsp3) is 0.481. The van der Waals surface area contributed by atoms with Gasteiger partial charge in [-0.1, -0.05) is 26.8 Å². The molecule has 4 rings (SSSR count). The number of thiazole rings is 1. The third kappa shape index (κ3) is 5.00. The Morgan fingerprint density at radius 1 is 1.27 bits per heavy atom. The number of benzene rings is 1. The first-order chi connectivity index (χ1) is 17.5. The fourth-order valence-electron chi connectivity index (χ4n) is 5.27. The van der Waals surface area contributed by atoms with Crippen molar-refractivity contribution in [2.45, 2.75) is 57.7 Å². The van der Waals surface area contributed by atoms with E-state index in [-0.39, 0.29) is 30.9 Å². The lowest BCUT2D eigenvalue weighted by Crippen LogP contribution is -2.56. The lowest BCUT2D eigenvalue weighted by Gasteiger charge is -2.37. The summed E-state index contributed by atoms with van der Waals surface area (Å²) >= 11 is 1.46. The molecule has 0 radical (unpaired) electrons. The van der Waals surface area contributed by atoms with Crippen molar-refractivity contribution in [3.05, 3.63) is 63.9 Å². The molecule has 3 aromatic rings. The predicted octanol–water partition coefficient (Wildman–Crippen LogP) is 4.33. The molecular weight excluding hydrogens is 492 g/mol. The van der Waals surface area contributed by atoms with E-state index in [9.17, 15) is 14.7 Å². The highest BCUT2D eigenvalue weighted by molar-refractivity contribution is 7.11. The molecule has 3 heterocycles. The topological polar surface area (TPSA) is 107 Å². The number of carboxylic acids is 1. The molecule has 9 nitrogen and oxygen atoms in total. The highest BCUT2D eigenvalue weighted by Gasteiger charge is 2.60. The van der Waals surface area contributed by atoms with Gasteiger partial charge < -0.3 is 19.5 Å². The van der Waals surface area contributed by atoms with Crippen molar-refractivity contribution in [1.82, 2.24) is 19.7 Å². The van der Waals surface area contributed by atoms with Crippen LogP contribution in [0.2, 0.25) is 0 Å². The van der Waals surface area contributed by atoms with E-state index in [1.807, 2.05) is 13.0 Å². The average molecular weight is 527 g/mol. The maximum absolute atomic E-state index is 14.4. The number of amides is 1. The molecule has 2 aromatic heterocycles. The number of aryl methyl sites for hydroxylation is 1. The molecule has 1 saturated heterocycles. The van der Waals surface area contributed by atoms with Gasteiger partial charge in [-0.05, 0) is 42.5 Å². The van der Waals surface area contributed by atoms with Crippen LogP contribution in [-0.2, 0) is 21.5 Å². The van der Waals surface area contributed by atoms with E-state index in [1.54, 1.807) is 55.7 Å². The average Bonchev–Trinajstić information content (AvgIpc) is 3.58. The van der Waals surface area contributed by atoms with Gasteiger partial charge >= 0.3 is 5.97 Å². The monoisotopic (exact) mass is 526 g/mol. The van der Waals surface area contributed by atoms with Crippen LogP contribution in [0.25, 0.3) is 0 Å². The van der Waals surface area contributed by atoms with Crippen molar-refractivity contribution in [1.29, 1.82) is 0 Å². The number of hydrogen-bond acceptors (Lipinski definition) is 7. The zero-order chi connectivity index (χ0) is 27.0. The molecule has 0 aliphatic carbocycles. The Bertz CT molecular complexity index is 1270. The molecule has 3 atom stereocenters. The number of likely N-dealkylation sites (tertiary alicyclic amines) is 1. The molecule has 37 heavy (non-hydrogen) atoms. The van der Waals surface area contributed by atoms with Crippen molar-refractivity contribution in [3.63, 3.8) is 0 Å². The summed E-state index contributed by atoms with van der Waals surface area (Å²) in [6.45, 7) is 8.44. The van der Waals surface area contributed by atoms with Crippen LogP contribution in [0.4, 0.5) is 0 Å². The van der Waals surface area contributed by atoms with Crippen molar-refractivity contribution < 1.29 is 24.2 Å². The van der Waals surface area contributed by atoms with E-state index in [4.69, 9.17) is 9.47 Å². The molecule has 0 bridgehead atoms. The summed E-state index contributed by atoms with van der Waals surface area (Å²) < 4.78 is 12.7. The third-order valence-electron chi connectivity index (χ3n) is 6.91. The Labute approximate surface area is 221 Å². The van der Waals surface area contributed by atoms with Crippen LogP contribution in [0.3, 0.4) is 0 Å². The molecule has 1 N–H and O–H groups in total. The molecule has 1 amide bonds. The van der Waals surface area contributed by atoms with Crippen LogP contribution in [0, 0.1) is 12.8 Å². The van der Waals surface area contributed by atoms with Gasteiger partial charge in [0.05, 0.1) is 26.3 Å². The van der Waals surface area contributed by atoms with Crippen molar-refractivity contribution in [2.24, 2.45) is 5.92 Å². The van der Waals surface area contributed by atoms with Gasteiger partial charge in [0.2, 0.25) is 0 Å². The molecule has 1 aliphatic heterocycles. The second-order valence-electron chi connectivity index (χ2n) is 10.6. The Balaban J connectivity index is 1.90. The maximum atomic E-state index is 14.4. The van der Waals surface area contributed by atoms with Gasteiger partial charge in [0, 0.05) is 42.1 Å². The number of hydrogen-bond donors (Lipinski definition) is 1. The molecule has 10 heteroatoms. The predicted molar refractivity (Wildman–Crippen MR) is 140 cm³/mol. The van der Waals surface area contributed by atoms with Gasteiger partial charge in [0.1, 0.15) is 10.8 Å². The maximum Gasteiger partial charge on any atom is 0.331 e. The summed E-state index contributed by atoms with van der Waals surface area (Å²) in [7, 11) is 3.16. The Kier molecular flexibility index (Phi) is 7.43. The van der Waals surface area contributed by atoms with Crippen LogP contribution in [0.5, 0.6) is 5.75 Å².